The second-order valence-corrected chi connectivity index (χ2v) is 6.22. The Balaban J connectivity index is 1.76. The van der Waals surface area contributed by atoms with Crippen molar-refractivity contribution < 1.29 is 14.3 Å². The van der Waals surface area contributed by atoms with E-state index in [0.29, 0.717) is 29.2 Å². The van der Waals surface area contributed by atoms with E-state index in [1.54, 1.807) is 59.7 Å². The van der Waals surface area contributed by atoms with Gasteiger partial charge in [0.15, 0.2) is 0 Å². The standard InChI is InChI=1S/C20H23N5O3/c1-4-12-24-18(10-11-21-24)23-19(26)15-6-8-16(9-7-15)25-14(3)17(13-22-25)20(27)28-5-2/h6-11,13H,4-5,12H2,1-3H3,(H,23,26). The molecule has 0 radical (unpaired) electrons. The number of amides is 1. The summed E-state index contributed by atoms with van der Waals surface area (Å²) in [6.45, 7) is 6.66. The Morgan fingerprint density at radius 2 is 1.86 bits per heavy atom. The van der Waals surface area contributed by atoms with Crippen molar-refractivity contribution in [2.24, 2.45) is 0 Å². The minimum absolute atomic E-state index is 0.214. The van der Waals surface area contributed by atoms with Gasteiger partial charge in [-0.25, -0.2) is 14.2 Å². The van der Waals surface area contributed by atoms with E-state index >= 15 is 0 Å². The number of nitrogens with one attached hydrogen (secondary N) is 1. The highest BCUT2D eigenvalue weighted by molar-refractivity contribution is 6.03. The molecule has 28 heavy (non-hydrogen) atoms. The molecule has 8 heteroatoms. The maximum atomic E-state index is 12.5. The van der Waals surface area contributed by atoms with Crippen molar-refractivity contribution >= 4 is 17.7 Å². The van der Waals surface area contributed by atoms with Gasteiger partial charge in [-0.15, -0.1) is 0 Å². The molecule has 1 N–H and O–H groups in total. The molecule has 1 amide bonds. The summed E-state index contributed by atoms with van der Waals surface area (Å²) in [7, 11) is 0. The van der Waals surface area contributed by atoms with Crippen LogP contribution in [-0.2, 0) is 11.3 Å². The third kappa shape index (κ3) is 3.95. The summed E-state index contributed by atoms with van der Waals surface area (Å²) in [5, 5.41) is 11.3. The lowest BCUT2D eigenvalue weighted by molar-refractivity contribution is 0.0525. The molecular weight excluding hydrogens is 358 g/mol. The lowest BCUT2D eigenvalue weighted by Gasteiger charge is -2.09. The summed E-state index contributed by atoms with van der Waals surface area (Å²) in [5.41, 5.74) is 2.37. The molecule has 146 valence electrons. The lowest BCUT2D eigenvalue weighted by atomic mass is 10.2. The summed E-state index contributed by atoms with van der Waals surface area (Å²) in [6.07, 6.45) is 4.08. The summed E-state index contributed by atoms with van der Waals surface area (Å²) in [6, 6.07) is 8.78. The molecule has 3 rings (SSSR count). The molecule has 2 heterocycles. The van der Waals surface area contributed by atoms with E-state index in [4.69, 9.17) is 4.74 Å². The SMILES string of the molecule is CCCn1nccc1NC(=O)c1ccc(-n2ncc(C(=O)OCC)c2C)cc1. The van der Waals surface area contributed by atoms with Crippen molar-refractivity contribution in [2.45, 2.75) is 33.7 Å². The van der Waals surface area contributed by atoms with E-state index < -0.39 is 5.97 Å². The Morgan fingerprint density at radius 1 is 1.11 bits per heavy atom. The molecular formula is C20H23N5O3. The quantitative estimate of drug-likeness (QED) is 0.635. The molecule has 1 aromatic carbocycles. The molecule has 0 fully saturated rings. The van der Waals surface area contributed by atoms with Gasteiger partial charge in [0.05, 0.1) is 30.4 Å². The zero-order chi connectivity index (χ0) is 20.1. The van der Waals surface area contributed by atoms with E-state index in [0.717, 1.165) is 18.7 Å². The van der Waals surface area contributed by atoms with Crippen molar-refractivity contribution in [2.75, 3.05) is 11.9 Å². The number of carbonyl (C=O) groups is 2. The van der Waals surface area contributed by atoms with E-state index in [1.807, 2.05) is 0 Å². The summed E-state index contributed by atoms with van der Waals surface area (Å²) in [4.78, 5) is 24.5. The zero-order valence-electron chi connectivity index (χ0n) is 16.2. The van der Waals surface area contributed by atoms with Gasteiger partial charge < -0.3 is 10.1 Å². The highest BCUT2D eigenvalue weighted by atomic mass is 16.5. The van der Waals surface area contributed by atoms with Crippen molar-refractivity contribution in [3.63, 3.8) is 0 Å². The number of aromatic nitrogens is 4. The molecule has 0 unspecified atom stereocenters. The third-order valence-electron chi connectivity index (χ3n) is 4.27. The van der Waals surface area contributed by atoms with Gasteiger partial charge in [0.25, 0.3) is 5.91 Å². The molecule has 3 aromatic rings. The molecule has 0 aliphatic carbocycles. The van der Waals surface area contributed by atoms with Crippen LogP contribution in [0.1, 0.15) is 46.7 Å². The van der Waals surface area contributed by atoms with Gasteiger partial charge >= 0.3 is 5.97 Å². The molecule has 2 aromatic heterocycles. The summed E-state index contributed by atoms with van der Waals surface area (Å²) >= 11 is 0. The van der Waals surface area contributed by atoms with Crippen molar-refractivity contribution in [3.05, 3.63) is 59.5 Å². The van der Waals surface area contributed by atoms with E-state index in [9.17, 15) is 9.59 Å². The molecule has 0 saturated carbocycles. The number of ether oxygens (including phenoxy) is 1. The van der Waals surface area contributed by atoms with E-state index in [1.165, 1.54) is 6.20 Å². The van der Waals surface area contributed by atoms with Crippen LogP contribution in [0.15, 0.2) is 42.7 Å². The average Bonchev–Trinajstić information content (AvgIpc) is 3.29. The van der Waals surface area contributed by atoms with Gasteiger partial charge in [0.1, 0.15) is 11.4 Å². The third-order valence-corrected chi connectivity index (χ3v) is 4.27. The topological polar surface area (TPSA) is 91.0 Å². The molecule has 0 aliphatic rings. The molecule has 0 aliphatic heterocycles. The number of carbonyl (C=O) groups excluding carboxylic acids is 2. The van der Waals surface area contributed by atoms with Gasteiger partial charge in [0, 0.05) is 18.2 Å². The van der Waals surface area contributed by atoms with Crippen LogP contribution < -0.4 is 5.32 Å². The smallest absolute Gasteiger partial charge is 0.341 e. The Kier molecular flexibility index (Phi) is 5.88. The predicted octanol–water partition coefficient (Wildman–Crippen LogP) is 3.22. The largest absolute Gasteiger partial charge is 0.462 e. The zero-order valence-corrected chi connectivity index (χ0v) is 16.2. The fourth-order valence-electron chi connectivity index (χ4n) is 2.85. The van der Waals surface area contributed by atoms with Gasteiger partial charge in [-0.2, -0.15) is 10.2 Å². The van der Waals surface area contributed by atoms with Gasteiger partial charge in [-0.1, -0.05) is 6.92 Å². The Labute approximate surface area is 163 Å². The summed E-state index contributed by atoms with van der Waals surface area (Å²) < 4.78 is 8.44. The first-order valence-corrected chi connectivity index (χ1v) is 9.20. The second kappa shape index (κ2) is 8.51. The number of aryl methyl sites for hydroxylation is 1. The minimum Gasteiger partial charge on any atom is -0.462 e. The fraction of sp³-hybridized carbons (Fsp3) is 0.300. The normalized spacial score (nSPS) is 10.7. The Morgan fingerprint density at radius 3 is 2.54 bits per heavy atom. The first-order chi connectivity index (χ1) is 13.5. The number of esters is 1. The van der Waals surface area contributed by atoms with Crippen molar-refractivity contribution in [1.82, 2.24) is 19.6 Å². The Bertz CT molecular complexity index is 972. The van der Waals surface area contributed by atoms with Crippen LogP contribution in [0.5, 0.6) is 0 Å². The molecule has 0 atom stereocenters. The maximum absolute atomic E-state index is 12.5. The van der Waals surface area contributed by atoms with Crippen molar-refractivity contribution in [1.29, 1.82) is 0 Å². The van der Waals surface area contributed by atoms with Crippen molar-refractivity contribution in [3.8, 4) is 5.69 Å². The highest BCUT2D eigenvalue weighted by Gasteiger charge is 2.16. The maximum Gasteiger partial charge on any atom is 0.341 e. The number of hydrogen-bond acceptors (Lipinski definition) is 5. The molecule has 0 saturated heterocycles. The number of rotatable bonds is 7. The van der Waals surface area contributed by atoms with Crippen LogP contribution in [0.3, 0.4) is 0 Å². The number of benzene rings is 1. The fourth-order valence-corrected chi connectivity index (χ4v) is 2.85. The molecule has 0 bridgehead atoms. The average molecular weight is 381 g/mol. The highest BCUT2D eigenvalue weighted by Crippen LogP contribution is 2.17. The monoisotopic (exact) mass is 381 g/mol. The second-order valence-electron chi connectivity index (χ2n) is 6.22. The van der Waals surface area contributed by atoms with Gasteiger partial charge in [0.2, 0.25) is 0 Å². The van der Waals surface area contributed by atoms with E-state index in [-0.39, 0.29) is 5.91 Å². The van der Waals surface area contributed by atoms with E-state index in [2.05, 4.69) is 22.4 Å². The molecule has 0 spiro atoms. The molecule has 8 nitrogen and oxygen atoms in total. The number of nitrogens with zero attached hydrogens (tertiary/aromatic N) is 4. The van der Waals surface area contributed by atoms with Crippen LogP contribution in [-0.4, -0.2) is 38.0 Å². The Hall–Kier alpha value is -3.42. The van der Waals surface area contributed by atoms with Gasteiger partial charge in [-0.05, 0) is 44.5 Å². The predicted molar refractivity (Wildman–Crippen MR) is 105 cm³/mol. The first-order valence-electron chi connectivity index (χ1n) is 9.20. The van der Waals surface area contributed by atoms with Gasteiger partial charge in [-0.3, -0.25) is 4.79 Å². The summed E-state index contributed by atoms with van der Waals surface area (Å²) in [5.74, 6) is 0.0534. The van der Waals surface area contributed by atoms with Crippen LogP contribution in [0.25, 0.3) is 5.69 Å². The number of hydrogen-bond donors (Lipinski definition) is 1. The van der Waals surface area contributed by atoms with Crippen LogP contribution in [0, 0.1) is 6.92 Å². The lowest BCUT2D eigenvalue weighted by Crippen LogP contribution is -2.16. The number of anilines is 1. The van der Waals surface area contributed by atoms with Crippen LogP contribution >= 0.6 is 0 Å². The minimum atomic E-state index is -0.397. The van der Waals surface area contributed by atoms with Crippen LogP contribution in [0.4, 0.5) is 5.82 Å². The first kappa shape index (κ1) is 19.3. The van der Waals surface area contributed by atoms with Crippen LogP contribution in [0.2, 0.25) is 0 Å².